The highest BCUT2D eigenvalue weighted by atomic mass is 19.4. The predicted octanol–water partition coefficient (Wildman–Crippen LogP) is 8.98. The summed E-state index contributed by atoms with van der Waals surface area (Å²) in [6.45, 7) is 3.36. The summed E-state index contributed by atoms with van der Waals surface area (Å²) in [5.74, 6) is -0.648. The average Bonchev–Trinajstić information content (AvgIpc) is 3.73. The number of hydrogen-bond acceptors (Lipinski definition) is 4. The van der Waals surface area contributed by atoms with Gasteiger partial charge in [0.05, 0.1) is 24.3 Å². The van der Waals surface area contributed by atoms with E-state index in [-0.39, 0.29) is 11.6 Å². The zero-order valence-corrected chi connectivity index (χ0v) is 24.0. The second kappa shape index (κ2) is 11.1. The Morgan fingerprint density at radius 2 is 1.43 bits per heavy atom. The molecule has 1 aliphatic carbocycles. The molecule has 0 radical (unpaired) electrons. The number of alkyl halides is 9. The van der Waals surface area contributed by atoms with E-state index < -0.39 is 94.3 Å². The number of benzene rings is 2. The molecule has 242 valence electrons. The number of amides is 2. The van der Waals surface area contributed by atoms with Crippen molar-refractivity contribution < 1.29 is 58.6 Å². The summed E-state index contributed by atoms with van der Waals surface area (Å²) in [5, 5.41) is 0. The highest BCUT2D eigenvalue weighted by molar-refractivity contribution is 5.86. The fraction of sp³-hybridized carbons (Fsp3) is 0.517. The van der Waals surface area contributed by atoms with Crippen LogP contribution in [0.15, 0.2) is 42.5 Å². The third-order valence-corrected chi connectivity index (χ3v) is 7.67. The standard InChI is InChI=1S/C29H30F9N2O4/c1-26(2,3)44-25(42)40(29(36,37)38)22-8-6-5-7-20(22)21(14-23(40)17-9-10-17)39(24(41)43-4)15-16-11-18(27(30,31)32)13-19(12-16)28(33,34)35/h5-8,11-13,17,21,23H,9-10,14-15H2,1-4H3/q+1/t21-,23-,40?/m0/s1. The van der Waals surface area contributed by atoms with E-state index in [0.717, 1.165) is 18.1 Å². The van der Waals surface area contributed by atoms with Crippen LogP contribution in [0, 0.1) is 5.92 Å². The van der Waals surface area contributed by atoms with E-state index in [0.29, 0.717) is 25.0 Å². The van der Waals surface area contributed by atoms with Crippen LogP contribution >= 0.6 is 0 Å². The Labute approximate surface area is 246 Å². The molecular formula is C29H30F9N2O4+. The van der Waals surface area contributed by atoms with Gasteiger partial charge in [-0.15, -0.1) is 13.2 Å². The van der Waals surface area contributed by atoms with Crippen LogP contribution < -0.4 is 4.48 Å². The highest BCUT2D eigenvalue weighted by Gasteiger charge is 2.73. The van der Waals surface area contributed by atoms with Gasteiger partial charge in [-0.3, -0.25) is 4.90 Å². The van der Waals surface area contributed by atoms with Crippen molar-refractivity contribution in [2.45, 2.75) is 82.9 Å². The van der Waals surface area contributed by atoms with Gasteiger partial charge in [0.15, 0.2) is 5.69 Å². The molecule has 2 amide bonds. The van der Waals surface area contributed by atoms with E-state index in [4.69, 9.17) is 9.47 Å². The van der Waals surface area contributed by atoms with E-state index >= 15 is 13.2 Å². The fourth-order valence-electron chi connectivity index (χ4n) is 5.79. The van der Waals surface area contributed by atoms with Crippen molar-refractivity contribution in [1.29, 1.82) is 0 Å². The number of quaternary nitrogens is 1. The van der Waals surface area contributed by atoms with E-state index in [1.54, 1.807) is 0 Å². The molecule has 2 aliphatic rings. The van der Waals surface area contributed by atoms with Gasteiger partial charge in [-0.2, -0.15) is 31.1 Å². The van der Waals surface area contributed by atoms with Crippen molar-refractivity contribution in [2.24, 2.45) is 5.92 Å². The van der Waals surface area contributed by atoms with Crippen molar-refractivity contribution in [3.05, 3.63) is 64.7 Å². The van der Waals surface area contributed by atoms with Gasteiger partial charge in [-0.1, -0.05) is 22.7 Å². The molecule has 2 aromatic rings. The summed E-state index contributed by atoms with van der Waals surface area (Å²) < 4.78 is 135. The fourth-order valence-corrected chi connectivity index (χ4v) is 5.79. The first-order chi connectivity index (χ1) is 20.1. The molecule has 3 atom stereocenters. The molecule has 44 heavy (non-hydrogen) atoms. The molecule has 1 heterocycles. The van der Waals surface area contributed by atoms with E-state index in [2.05, 4.69) is 0 Å². The van der Waals surface area contributed by atoms with Crippen molar-refractivity contribution in [1.82, 2.24) is 9.38 Å². The van der Waals surface area contributed by atoms with Crippen LogP contribution in [0.1, 0.15) is 68.3 Å². The van der Waals surface area contributed by atoms with E-state index in [1.165, 1.54) is 39.0 Å². The quantitative estimate of drug-likeness (QED) is 0.190. The minimum atomic E-state index is -5.23. The van der Waals surface area contributed by atoms with Crippen molar-refractivity contribution >= 4 is 17.9 Å². The number of ether oxygens (including phenoxy) is 2. The molecule has 1 saturated carbocycles. The zero-order chi connectivity index (χ0) is 33.0. The van der Waals surface area contributed by atoms with Gasteiger partial charge in [0.1, 0.15) is 11.6 Å². The molecule has 0 spiro atoms. The Bertz CT molecular complexity index is 1380. The van der Waals surface area contributed by atoms with Crippen LogP contribution in [-0.4, -0.2) is 42.1 Å². The molecule has 1 fully saturated rings. The maximum absolute atomic E-state index is 15.3. The summed E-state index contributed by atoms with van der Waals surface area (Å²) in [5.41, 5.74) is -5.87. The topological polar surface area (TPSA) is 55.8 Å². The summed E-state index contributed by atoms with van der Waals surface area (Å²) >= 11 is 0. The summed E-state index contributed by atoms with van der Waals surface area (Å²) in [6.07, 6.45) is -18.2. The van der Waals surface area contributed by atoms with Crippen LogP contribution in [0.2, 0.25) is 0 Å². The number of rotatable bonds is 4. The largest absolute Gasteiger partial charge is 0.576 e. The minimum absolute atomic E-state index is 0.0684. The minimum Gasteiger partial charge on any atom is -0.453 e. The maximum atomic E-state index is 15.3. The number of carbonyl (C=O) groups excluding carboxylic acids is 2. The molecule has 0 aromatic heterocycles. The molecule has 15 heteroatoms. The van der Waals surface area contributed by atoms with Gasteiger partial charge < -0.3 is 9.47 Å². The lowest BCUT2D eigenvalue weighted by Gasteiger charge is -2.48. The first-order valence-electron chi connectivity index (χ1n) is 13.5. The molecule has 0 saturated heterocycles. The van der Waals surface area contributed by atoms with Gasteiger partial charge >= 0.3 is 30.8 Å². The lowest BCUT2D eigenvalue weighted by atomic mass is 9.85. The number of nitrogens with zero attached hydrogens (tertiary/aromatic N) is 2. The maximum Gasteiger partial charge on any atom is 0.576 e. The van der Waals surface area contributed by atoms with Crippen LogP contribution in [-0.2, 0) is 28.4 Å². The molecule has 0 bridgehead atoms. The number of para-hydroxylation sites is 1. The molecule has 6 nitrogen and oxygen atoms in total. The molecule has 1 aliphatic heterocycles. The molecule has 4 rings (SSSR count). The zero-order valence-electron chi connectivity index (χ0n) is 24.0. The Morgan fingerprint density at radius 1 is 0.886 bits per heavy atom. The van der Waals surface area contributed by atoms with Gasteiger partial charge in [-0.25, -0.2) is 4.79 Å². The first-order valence-corrected chi connectivity index (χ1v) is 13.5. The molecule has 0 N–H and O–H groups in total. The van der Waals surface area contributed by atoms with Gasteiger partial charge in [0, 0.05) is 30.5 Å². The lowest BCUT2D eigenvalue weighted by Crippen LogP contribution is -2.72. The number of halogens is 9. The second-order valence-electron chi connectivity index (χ2n) is 11.9. The highest BCUT2D eigenvalue weighted by Crippen LogP contribution is 2.57. The van der Waals surface area contributed by atoms with Crippen LogP contribution in [0.5, 0.6) is 0 Å². The molecule has 2 aromatic carbocycles. The Kier molecular flexibility index (Phi) is 8.46. The summed E-state index contributed by atoms with van der Waals surface area (Å²) in [7, 11) is 0.923. The third-order valence-electron chi connectivity index (χ3n) is 7.67. The van der Waals surface area contributed by atoms with Crippen LogP contribution in [0.3, 0.4) is 0 Å². The van der Waals surface area contributed by atoms with Crippen molar-refractivity contribution in [3.63, 3.8) is 0 Å². The Hall–Kier alpha value is -3.49. The lowest BCUT2D eigenvalue weighted by molar-refractivity contribution is -0.244. The summed E-state index contributed by atoms with van der Waals surface area (Å²) in [4.78, 5) is 27.5. The summed E-state index contributed by atoms with van der Waals surface area (Å²) in [6, 6.07) is 2.88. The SMILES string of the molecule is COC(=O)N(Cc1cc(C(F)(F)F)cc(C(F)(F)F)c1)[C@H]1C[C@@H](C2CC2)[N+](C(=O)OC(C)(C)C)(C(F)(F)F)c2ccccc21. The third kappa shape index (κ3) is 6.33. The van der Waals surface area contributed by atoms with Crippen LogP contribution in [0.4, 0.5) is 54.8 Å². The van der Waals surface area contributed by atoms with Crippen molar-refractivity contribution in [2.75, 3.05) is 7.11 Å². The van der Waals surface area contributed by atoms with E-state index in [9.17, 15) is 35.9 Å². The monoisotopic (exact) mass is 641 g/mol. The Morgan fingerprint density at radius 3 is 1.89 bits per heavy atom. The normalized spacial score (nSPS) is 22.7. The number of methoxy groups -OCH3 is 1. The van der Waals surface area contributed by atoms with Gasteiger partial charge in [0.2, 0.25) is 0 Å². The predicted molar refractivity (Wildman–Crippen MR) is 139 cm³/mol. The first kappa shape index (κ1) is 33.4. The number of carbonyl (C=O) groups is 2. The van der Waals surface area contributed by atoms with Gasteiger partial charge in [-0.05, 0) is 57.4 Å². The number of fused-ring (bicyclic) bond motifs is 1. The second-order valence-corrected chi connectivity index (χ2v) is 11.9. The number of hydrogen-bond donors (Lipinski definition) is 0. The van der Waals surface area contributed by atoms with E-state index in [1.807, 2.05) is 0 Å². The molecular weight excluding hydrogens is 611 g/mol. The van der Waals surface area contributed by atoms with Gasteiger partial charge in [0.25, 0.3) is 0 Å². The molecule has 1 unspecified atom stereocenters. The smallest absolute Gasteiger partial charge is 0.453 e. The Balaban J connectivity index is 1.92. The van der Waals surface area contributed by atoms with Crippen LogP contribution in [0.25, 0.3) is 0 Å². The average molecular weight is 642 g/mol. The van der Waals surface area contributed by atoms with Crippen molar-refractivity contribution in [3.8, 4) is 0 Å².